The molecule has 2 fully saturated rings. The Morgan fingerprint density at radius 1 is 1.24 bits per heavy atom. The van der Waals surface area contributed by atoms with Crippen LogP contribution in [0.4, 0.5) is 4.79 Å². The lowest BCUT2D eigenvalue weighted by atomic mass is 10.0. The van der Waals surface area contributed by atoms with Gasteiger partial charge >= 0.3 is 23.9 Å². The summed E-state index contributed by atoms with van der Waals surface area (Å²) in [6.07, 6.45) is -4.46. The number of imide groups is 1. The number of rotatable bonds is 6. The summed E-state index contributed by atoms with van der Waals surface area (Å²) in [4.78, 5) is 62.0. The number of azide groups is 1. The molecule has 1 N–H and O–H groups in total. The van der Waals surface area contributed by atoms with Gasteiger partial charge in [0.15, 0.2) is 18.4 Å². The maximum absolute atomic E-state index is 12.3. The van der Waals surface area contributed by atoms with Gasteiger partial charge < -0.3 is 18.9 Å². The Hall–Kier alpha value is -3.38. The quantitative estimate of drug-likeness (QED) is 0.201. The first-order valence-electron chi connectivity index (χ1n) is 8.42. The molecule has 2 saturated heterocycles. The van der Waals surface area contributed by atoms with E-state index >= 15 is 0 Å². The Balaban J connectivity index is 2.51. The maximum atomic E-state index is 12.3. The largest absolute Gasteiger partial charge is 0.462 e. The number of carbonyl (C=O) groups excluding carboxylic acids is 5. The molecule has 0 bridgehead atoms. The SMILES string of the molecule is CC(=O)OC[C@@]1(N=[N+]=[N-])O[C@@H](N2CCC(=O)NC2=O)[C@@H](OC(C)=O)[C@@H]1OC(C)=O. The molecule has 0 aromatic heterocycles. The normalized spacial score (nSPS) is 28.8. The van der Waals surface area contributed by atoms with Gasteiger partial charge in [-0.3, -0.25) is 29.4 Å². The lowest BCUT2D eigenvalue weighted by Gasteiger charge is -2.34. The van der Waals surface area contributed by atoms with Crippen LogP contribution in [0.1, 0.15) is 27.2 Å². The molecule has 0 radical (unpaired) electrons. The van der Waals surface area contributed by atoms with E-state index < -0.39 is 60.6 Å². The first-order chi connectivity index (χ1) is 13.6. The molecule has 2 aliphatic rings. The second kappa shape index (κ2) is 8.75. The van der Waals surface area contributed by atoms with Crippen molar-refractivity contribution in [2.45, 2.75) is 51.4 Å². The van der Waals surface area contributed by atoms with Crippen molar-refractivity contribution in [1.82, 2.24) is 10.2 Å². The molecule has 158 valence electrons. The number of ether oxygens (including phenoxy) is 4. The van der Waals surface area contributed by atoms with Crippen LogP contribution in [-0.2, 0) is 38.1 Å². The molecule has 0 aromatic rings. The first kappa shape index (κ1) is 21.9. The third-order valence-corrected chi connectivity index (χ3v) is 4.03. The van der Waals surface area contributed by atoms with Crippen molar-refractivity contribution in [3.8, 4) is 0 Å². The zero-order chi connectivity index (χ0) is 21.8. The number of esters is 3. The van der Waals surface area contributed by atoms with E-state index in [1.807, 2.05) is 0 Å². The van der Waals surface area contributed by atoms with Crippen molar-refractivity contribution in [3.05, 3.63) is 10.4 Å². The van der Waals surface area contributed by atoms with Crippen LogP contribution in [0.5, 0.6) is 0 Å². The summed E-state index contributed by atoms with van der Waals surface area (Å²) in [6.45, 7) is 2.41. The third kappa shape index (κ3) is 4.92. The highest BCUT2D eigenvalue weighted by molar-refractivity contribution is 5.96. The van der Waals surface area contributed by atoms with Gasteiger partial charge in [0, 0.05) is 38.6 Å². The van der Waals surface area contributed by atoms with Crippen LogP contribution < -0.4 is 5.32 Å². The minimum atomic E-state index is -2.13. The van der Waals surface area contributed by atoms with Gasteiger partial charge in [-0.05, 0) is 5.53 Å². The molecular weight excluding hydrogens is 394 g/mol. The summed E-state index contributed by atoms with van der Waals surface area (Å²) in [7, 11) is 0. The Kier molecular flexibility index (Phi) is 6.61. The molecule has 4 atom stereocenters. The number of amides is 3. The summed E-state index contributed by atoms with van der Waals surface area (Å²) in [6, 6.07) is -0.853. The molecule has 2 heterocycles. The standard InChI is InChI=1S/C15H19N5O9/c1-7(21)26-6-15(18-19-16)12(28-9(3)23)11(27-8(2)22)13(29-15)20-5-4-10(24)17-14(20)25/h11-13H,4-6H2,1-3H3,(H,17,24,25)/t11-,12-,13+,15+/m0/s1. The number of hydrogen-bond donors (Lipinski definition) is 1. The zero-order valence-electron chi connectivity index (χ0n) is 15.8. The van der Waals surface area contributed by atoms with Gasteiger partial charge in [0.25, 0.3) is 0 Å². The van der Waals surface area contributed by atoms with Crippen LogP contribution in [0.15, 0.2) is 5.11 Å². The van der Waals surface area contributed by atoms with E-state index in [1.165, 1.54) is 0 Å². The molecule has 0 aliphatic carbocycles. The topological polar surface area (TPSA) is 186 Å². The Morgan fingerprint density at radius 3 is 2.41 bits per heavy atom. The fourth-order valence-electron chi connectivity index (χ4n) is 2.97. The van der Waals surface area contributed by atoms with Crippen molar-refractivity contribution in [2.24, 2.45) is 5.11 Å². The van der Waals surface area contributed by atoms with E-state index in [9.17, 15) is 24.0 Å². The number of hydrogen-bond acceptors (Lipinski definition) is 10. The van der Waals surface area contributed by atoms with E-state index in [0.717, 1.165) is 25.7 Å². The Labute approximate surface area is 164 Å². The molecule has 0 unspecified atom stereocenters. The van der Waals surface area contributed by atoms with Crippen LogP contribution in [0.3, 0.4) is 0 Å². The Bertz CT molecular complexity index is 780. The van der Waals surface area contributed by atoms with Crippen molar-refractivity contribution in [1.29, 1.82) is 0 Å². The van der Waals surface area contributed by atoms with Gasteiger partial charge in [-0.1, -0.05) is 5.11 Å². The molecule has 29 heavy (non-hydrogen) atoms. The second-order valence-corrected chi connectivity index (χ2v) is 6.22. The van der Waals surface area contributed by atoms with Crippen LogP contribution in [0.25, 0.3) is 10.4 Å². The van der Waals surface area contributed by atoms with Gasteiger partial charge in [-0.2, -0.15) is 0 Å². The van der Waals surface area contributed by atoms with Crippen molar-refractivity contribution in [3.63, 3.8) is 0 Å². The summed E-state index contributed by atoms with van der Waals surface area (Å²) in [5.74, 6) is -2.92. The molecule has 2 aliphatic heterocycles. The molecule has 14 heteroatoms. The highest BCUT2D eigenvalue weighted by Gasteiger charge is 2.62. The molecule has 3 amide bonds. The smallest absolute Gasteiger partial charge is 0.326 e. The Morgan fingerprint density at radius 2 is 1.90 bits per heavy atom. The van der Waals surface area contributed by atoms with Gasteiger partial charge in [0.1, 0.15) is 6.61 Å². The zero-order valence-corrected chi connectivity index (χ0v) is 15.8. The van der Waals surface area contributed by atoms with Crippen LogP contribution in [0, 0.1) is 0 Å². The third-order valence-electron chi connectivity index (χ3n) is 4.03. The number of urea groups is 1. The van der Waals surface area contributed by atoms with Crippen molar-refractivity contribution < 1.29 is 42.9 Å². The molecule has 0 spiro atoms. The van der Waals surface area contributed by atoms with E-state index in [1.54, 1.807) is 0 Å². The lowest BCUT2D eigenvalue weighted by molar-refractivity contribution is -0.177. The first-order valence-corrected chi connectivity index (χ1v) is 8.42. The minimum absolute atomic E-state index is 0.0743. The summed E-state index contributed by atoms with van der Waals surface area (Å²) in [5, 5.41) is 5.57. The van der Waals surface area contributed by atoms with Crippen LogP contribution in [0.2, 0.25) is 0 Å². The minimum Gasteiger partial charge on any atom is -0.462 e. The van der Waals surface area contributed by atoms with E-state index in [0.29, 0.717) is 0 Å². The number of carbonyl (C=O) groups is 5. The second-order valence-electron chi connectivity index (χ2n) is 6.22. The fraction of sp³-hybridized carbons (Fsp3) is 0.667. The van der Waals surface area contributed by atoms with Gasteiger partial charge in [-0.25, -0.2) is 4.79 Å². The molecule has 14 nitrogen and oxygen atoms in total. The van der Waals surface area contributed by atoms with Crippen molar-refractivity contribution in [2.75, 3.05) is 13.2 Å². The van der Waals surface area contributed by atoms with Gasteiger partial charge in [0.05, 0.1) is 0 Å². The lowest BCUT2D eigenvalue weighted by Crippen LogP contribution is -2.57. The number of nitrogens with one attached hydrogen (secondary N) is 1. The predicted octanol–water partition coefficient (Wildman–Crippen LogP) is -0.282. The average Bonchev–Trinajstić information content (AvgIpc) is 2.87. The molecule has 0 saturated carbocycles. The summed E-state index contributed by atoms with van der Waals surface area (Å²) in [5.41, 5.74) is 6.89. The van der Waals surface area contributed by atoms with Gasteiger partial charge in [-0.15, -0.1) is 0 Å². The van der Waals surface area contributed by atoms with Crippen LogP contribution >= 0.6 is 0 Å². The maximum Gasteiger partial charge on any atom is 0.326 e. The van der Waals surface area contributed by atoms with E-state index in [4.69, 9.17) is 24.5 Å². The number of nitrogens with zero attached hydrogens (tertiary/aromatic N) is 4. The predicted molar refractivity (Wildman–Crippen MR) is 89.4 cm³/mol. The highest BCUT2D eigenvalue weighted by Crippen LogP contribution is 2.39. The molecule has 2 rings (SSSR count). The van der Waals surface area contributed by atoms with Crippen molar-refractivity contribution >= 4 is 29.8 Å². The highest BCUT2D eigenvalue weighted by atomic mass is 16.7. The average molecular weight is 413 g/mol. The molecular formula is C15H19N5O9. The summed E-state index contributed by atoms with van der Waals surface area (Å²) >= 11 is 0. The van der Waals surface area contributed by atoms with Crippen LogP contribution in [-0.4, -0.2) is 72.1 Å². The summed E-state index contributed by atoms with van der Waals surface area (Å²) < 4.78 is 21.0. The monoisotopic (exact) mass is 413 g/mol. The fourth-order valence-corrected chi connectivity index (χ4v) is 2.97. The molecule has 0 aromatic carbocycles. The van der Waals surface area contributed by atoms with E-state index in [-0.39, 0.29) is 13.0 Å². The van der Waals surface area contributed by atoms with Gasteiger partial charge in [0.2, 0.25) is 11.6 Å². The van der Waals surface area contributed by atoms with E-state index in [2.05, 4.69) is 15.3 Å².